The third-order valence-electron chi connectivity index (χ3n) is 4.55. The molecule has 1 unspecified atom stereocenters. The fourth-order valence-corrected chi connectivity index (χ4v) is 2.99. The molecule has 1 atom stereocenters. The standard InChI is InChI=1S/C23H29N5O4/c1-24-14-18(29)15-32-19-6-4-5-17(11-19)23-27-20(13-21(28-23)25-9-10-30-2)16-7-8-26-22(12-16)31-3/h4-8,11-13,18,24,29H,9-10,14-15H2,1-3H3,(H,25,27,28). The van der Waals surface area contributed by atoms with Gasteiger partial charge in [0.15, 0.2) is 5.82 Å². The summed E-state index contributed by atoms with van der Waals surface area (Å²) in [6.45, 7) is 1.80. The van der Waals surface area contributed by atoms with E-state index in [1.54, 1.807) is 27.5 Å². The van der Waals surface area contributed by atoms with Crippen LogP contribution in [0.3, 0.4) is 0 Å². The van der Waals surface area contributed by atoms with Crippen molar-refractivity contribution in [1.29, 1.82) is 0 Å². The van der Waals surface area contributed by atoms with Crippen LogP contribution in [-0.2, 0) is 4.74 Å². The molecule has 1 aromatic carbocycles. The zero-order chi connectivity index (χ0) is 22.8. The normalized spacial score (nSPS) is 11.8. The first-order chi connectivity index (χ1) is 15.6. The van der Waals surface area contributed by atoms with E-state index in [2.05, 4.69) is 20.6 Å². The molecule has 32 heavy (non-hydrogen) atoms. The van der Waals surface area contributed by atoms with Crippen molar-refractivity contribution < 1.29 is 19.3 Å². The number of rotatable bonds is 12. The maximum atomic E-state index is 9.90. The third-order valence-corrected chi connectivity index (χ3v) is 4.55. The highest BCUT2D eigenvalue weighted by molar-refractivity contribution is 5.68. The zero-order valence-electron chi connectivity index (χ0n) is 18.5. The van der Waals surface area contributed by atoms with Gasteiger partial charge in [-0.1, -0.05) is 12.1 Å². The number of benzene rings is 1. The van der Waals surface area contributed by atoms with E-state index < -0.39 is 6.10 Å². The van der Waals surface area contributed by atoms with Crippen molar-refractivity contribution in [2.75, 3.05) is 52.9 Å². The first-order valence-corrected chi connectivity index (χ1v) is 10.3. The second-order valence-electron chi connectivity index (χ2n) is 7.02. The summed E-state index contributed by atoms with van der Waals surface area (Å²) in [5.41, 5.74) is 2.38. The lowest BCUT2D eigenvalue weighted by atomic mass is 10.1. The Balaban J connectivity index is 1.92. The second kappa shape index (κ2) is 11.9. The number of methoxy groups -OCH3 is 2. The van der Waals surface area contributed by atoms with Gasteiger partial charge in [0.2, 0.25) is 5.88 Å². The van der Waals surface area contributed by atoms with Crippen molar-refractivity contribution in [3.05, 3.63) is 48.7 Å². The molecule has 0 bridgehead atoms. The quantitative estimate of drug-likeness (QED) is 0.366. The minimum Gasteiger partial charge on any atom is -0.491 e. The van der Waals surface area contributed by atoms with E-state index in [1.165, 1.54) is 0 Å². The number of nitrogens with zero attached hydrogens (tertiary/aromatic N) is 3. The average Bonchev–Trinajstić information content (AvgIpc) is 2.83. The van der Waals surface area contributed by atoms with Gasteiger partial charge in [0.25, 0.3) is 0 Å². The van der Waals surface area contributed by atoms with Gasteiger partial charge in [0, 0.05) is 49.7 Å². The Kier molecular flexibility index (Phi) is 8.73. The van der Waals surface area contributed by atoms with Gasteiger partial charge in [-0.2, -0.15) is 0 Å². The zero-order valence-corrected chi connectivity index (χ0v) is 18.5. The highest BCUT2D eigenvalue weighted by Crippen LogP contribution is 2.27. The summed E-state index contributed by atoms with van der Waals surface area (Å²) in [5.74, 6) is 2.35. The van der Waals surface area contributed by atoms with Crippen molar-refractivity contribution >= 4 is 5.82 Å². The van der Waals surface area contributed by atoms with E-state index in [0.717, 1.165) is 16.8 Å². The molecular weight excluding hydrogens is 410 g/mol. The molecule has 0 aliphatic rings. The number of ether oxygens (including phenoxy) is 3. The smallest absolute Gasteiger partial charge is 0.213 e. The Bertz CT molecular complexity index is 1000. The maximum Gasteiger partial charge on any atom is 0.213 e. The SMILES string of the molecule is CNCC(O)COc1cccc(-c2nc(NCCOC)cc(-c3ccnc(OC)c3)n2)c1. The van der Waals surface area contributed by atoms with Crippen LogP contribution >= 0.6 is 0 Å². The van der Waals surface area contributed by atoms with Gasteiger partial charge in [-0.15, -0.1) is 0 Å². The largest absolute Gasteiger partial charge is 0.491 e. The van der Waals surface area contributed by atoms with Crippen molar-refractivity contribution in [3.8, 4) is 34.3 Å². The molecular formula is C23H29N5O4. The summed E-state index contributed by atoms with van der Waals surface area (Å²) in [6.07, 6.45) is 1.08. The molecule has 2 heterocycles. The Morgan fingerprint density at radius 1 is 1.06 bits per heavy atom. The molecule has 3 rings (SSSR count). The number of hydrogen-bond donors (Lipinski definition) is 3. The Morgan fingerprint density at radius 2 is 1.94 bits per heavy atom. The van der Waals surface area contributed by atoms with Gasteiger partial charge in [-0.25, -0.2) is 15.0 Å². The average molecular weight is 440 g/mol. The number of aromatic nitrogens is 3. The van der Waals surface area contributed by atoms with Gasteiger partial charge in [-0.05, 0) is 25.2 Å². The Morgan fingerprint density at radius 3 is 2.72 bits per heavy atom. The van der Waals surface area contributed by atoms with Crippen LogP contribution in [-0.4, -0.2) is 73.7 Å². The Hall–Kier alpha value is -3.27. The molecule has 0 amide bonds. The van der Waals surface area contributed by atoms with E-state index in [-0.39, 0.29) is 6.61 Å². The number of aliphatic hydroxyl groups is 1. The van der Waals surface area contributed by atoms with Crippen molar-refractivity contribution in [2.45, 2.75) is 6.10 Å². The van der Waals surface area contributed by atoms with Crippen molar-refractivity contribution in [2.24, 2.45) is 0 Å². The van der Waals surface area contributed by atoms with Crippen LogP contribution in [0.4, 0.5) is 5.82 Å². The second-order valence-corrected chi connectivity index (χ2v) is 7.02. The molecule has 3 aromatic rings. The molecule has 0 aliphatic heterocycles. The first-order valence-electron chi connectivity index (χ1n) is 10.3. The minimum absolute atomic E-state index is 0.186. The number of nitrogens with one attached hydrogen (secondary N) is 2. The predicted molar refractivity (Wildman–Crippen MR) is 123 cm³/mol. The summed E-state index contributed by atoms with van der Waals surface area (Å²) in [5, 5.41) is 16.1. The summed E-state index contributed by atoms with van der Waals surface area (Å²) in [4.78, 5) is 13.6. The number of hydrogen-bond acceptors (Lipinski definition) is 9. The van der Waals surface area contributed by atoms with Crippen LogP contribution < -0.4 is 20.1 Å². The van der Waals surface area contributed by atoms with E-state index >= 15 is 0 Å². The lowest BCUT2D eigenvalue weighted by molar-refractivity contribution is 0.108. The third kappa shape index (κ3) is 6.61. The summed E-state index contributed by atoms with van der Waals surface area (Å²) in [7, 11) is 5.01. The lowest BCUT2D eigenvalue weighted by Gasteiger charge is -2.13. The van der Waals surface area contributed by atoms with E-state index in [4.69, 9.17) is 19.2 Å². The molecule has 9 heteroatoms. The molecule has 0 radical (unpaired) electrons. The van der Waals surface area contributed by atoms with Crippen molar-refractivity contribution in [1.82, 2.24) is 20.3 Å². The van der Waals surface area contributed by atoms with Crippen LogP contribution in [0.5, 0.6) is 11.6 Å². The van der Waals surface area contributed by atoms with E-state index in [0.29, 0.717) is 43.0 Å². The fourth-order valence-electron chi connectivity index (χ4n) is 2.99. The fraction of sp³-hybridized carbons (Fsp3) is 0.348. The van der Waals surface area contributed by atoms with E-state index in [9.17, 15) is 5.11 Å². The predicted octanol–water partition coefficient (Wildman–Crippen LogP) is 2.23. The van der Waals surface area contributed by atoms with Crippen LogP contribution in [0, 0.1) is 0 Å². The molecule has 9 nitrogen and oxygen atoms in total. The van der Waals surface area contributed by atoms with Gasteiger partial charge in [0.1, 0.15) is 24.3 Å². The monoisotopic (exact) mass is 439 g/mol. The van der Waals surface area contributed by atoms with Gasteiger partial charge in [-0.3, -0.25) is 0 Å². The van der Waals surface area contributed by atoms with Crippen LogP contribution in [0.25, 0.3) is 22.6 Å². The molecule has 170 valence electrons. The number of anilines is 1. The summed E-state index contributed by atoms with van der Waals surface area (Å²) >= 11 is 0. The highest BCUT2D eigenvalue weighted by Gasteiger charge is 2.11. The van der Waals surface area contributed by atoms with Gasteiger partial charge >= 0.3 is 0 Å². The number of pyridine rings is 1. The summed E-state index contributed by atoms with van der Waals surface area (Å²) in [6, 6.07) is 13.1. The van der Waals surface area contributed by atoms with Crippen LogP contribution in [0.2, 0.25) is 0 Å². The number of likely N-dealkylation sites (N-methyl/N-ethyl adjacent to an activating group) is 1. The topological polar surface area (TPSA) is 111 Å². The minimum atomic E-state index is -0.596. The van der Waals surface area contributed by atoms with Gasteiger partial charge in [0.05, 0.1) is 19.4 Å². The van der Waals surface area contributed by atoms with E-state index in [1.807, 2.05) is 42.5 Å². The molecule has 0 saturated carbocycles. The lowest BCUT2D eigenvalue weighted by Crippen LogP contribution is -2.29. The Labute approximate surface area is 187 Å². The van der Waals surface area contributed by atoms with Crippen LogP contribution in [0.1, 0.15) is 0 Å². The summed E-state index contributed by atoms with van der Waals surface area (Å²) < 4.78 is 16.1. The van der Waals surface area contributed by atoms with Crippen molar-refractivity contribution in [3.63, 3.8) is 0 Å². The molecule has 0 saturated heterocycles. The number of aliphatic hydroxyl groups excluding tert-OH is 1. The molecule has 0 aliphatic carbocycles. The highest BCUT2D eigenvalue weighted by atomic mass is 16.5. The van der Waals surface area contributed by atoms with Crippen LogP contribution in [0.15, 0.2) is 48.7 Å². The first kappa shape index (κ1) is 23.4. The molecule has 2 aromatic heterocycles. The molecule has 0 spiro atoms. The maximum absolute atomic E-state index is 9.90. The molecule has 0 fully saturated rings. The van der Waals surface area contributed by atoms with Gasteiger partial charge < -0.3 is 30.0 Å². The molecule has 3 N–H and O–H groups in total.